The van der Waals surface area contributed by atoms with Gasteiger partial charge in [-0.1, -0.05) is 43.5 Å². The number of carbonyl (C=O) groups is 1. The molecule has 4 N–H and O–H groups in total. The number of pyridine rings is 3. The lowest BCUT2D eigenvalue weighted by atomic mass is 9.95. The molecule has 0 unspecified atom stereocenters. The molecule has 0 radical (unpaired) electrons. The zero-order valence-electron chi connectivity index (χ0n) is 28.4. The molecule has 0 spiro atoms. The minimum absolute atomic E-state index is 0.137. The molecule has 2 aliphatic rings. The van der Waals surface area contributed by atoms with Crippen LogP contribution < -0.4 is 21.4 Å². The molecule has 1 aliphatic carbocycles. The highest BCUT2D eigenvalue weighted by molar-refractivity contribution is 6.00. The molecular weight excluding hydrogens is 633 g/mol. The topological polar surface area (TPSA) is 125 Å². The SMILES string of the molecule is CC(C)(NC(=O)c1cc2[nH]c3ccccc3c(=O)c2cc1F)c1ccc(NC2CCOCC2)nc1.[C-]#[N+]c1ccc(NC2CCCCC2)nc1. The summed E-state index contributed by atoms with van der Waals surface area (Å²) in [6.45, 7) is 12.0. The van der Waals surface area contributed by atoms with Crippen LogP contribution in [0.3, 0.4) is 0 Å². The Morgan fingerprint density at radius 2 is 1.56 bits per heavy atom. The van der Waals surface area contributed by atoms with Gasteiger partial charge in [-0.15, -0.1) is 0 Å². The van der Waals surface area contributed by atoms with Crippen LogP contribution in [0, 0.1) is 12.4 Å². The lowest BCUT2D eigenvalue weighted by molar-refractivity contribution is 0.0903. The van der Waals surface area contributed by atoms with Crippen molar-refractivity contribution in [1.29, 1.82) is 0 Å². The van der Waals surface area contributed by atoms with Crippen molar-refractivity contribution in [3.8, 4) is 0 Å². The number of hydrogen-bond donors (Lipinski definition) is 4. The summed E-state index contributed by atoms with van der Waals surface area (Å²) < 4.78 is 20.3. The van der Waals surface area contributed by atoms with Crippen molar-refractivity contribution < 1.29 is 13.9 Å². The number of H-pyrrole nitrogens is 1. The number of ether oxygens (including phenoxy) is 1. The van der Waals surface area contributed by atoms with Crippen molar-refractivity contribution in [2.75, 3.05) is 23.8 Å². The molecule has 5 aromatic rings. The lowest BCUT2D eigenvalue weighted by Crippen LogP contribution is -2.41. The summed E-state index contributed by atoms with van der Waals surface area (Å²) in [6.07, 6.45) is 11.7. The second-order valence-corrected chi connectivity index (χ2v) is 13.4. The number of halogens is 1. The van der Waals surface area contributed by atoms with E-state index in [1.165, 1.54) is 38.2 Å². The summed E-state index contributed by atoms with van der Waals surface area (Å²) in [5, 5.41) is 10.4. The van der Waals surface area contributed by atoms with Crippen molar-refractivity contribution in [2.45, 2.75) is 76.4 Å². The Balaban J connectivity index is 0.000000240. The number of para-hydroxylation sites is 1. The van der Waals surface area contributed by atoms with Crippen LogP contribution >= 0.6 is 0 Å². The van der Waals surface area contributed by atoms with Gasteiger partial charge in [-0.3, -0.25) is 14.6 Å². The van der Waals surface area contributed by atoms with Gasteiger partial charge in [0, 0.05) is 54.0 Å². The summed E-state index contributed by atoms with van der Waals surface area (Å²) in [7, 11) is 0. The zero-order chi connectivity index (χ0) is 35.1. The molecule has 1 aliphatic heterocycles. The third kappa shape index (κ3) is 8.26. The number of anilines is 2. The Kier molecular flexibility index (Phi) is 10.7. The molecule has 2 aromatic carbocycles. The number of fused-ring (bicyclic) bond motifs is 2. The summed E-state index contributed by atoms with van der Waals surface area (Å²) in [6, 6.07) is 17.9. The van der Waals surface area contributed by atoms with Gasteiger partial charge < -0.3 is 25.7 Å². The summed E-state index contributed by atoms with van der Waals surface area (Å²) >= 11 is 0. The predicted octanol–water partition coefficient (Wildman–Crippen LogP) is 7.85. The minimum Gasteiger partial charge on any atom is -0.381 e. The van der Waals surface area contributed by atoms with Crippen LogP contribution in [0.4, 0.5) is 21.7 Å². The highest BCUT2D eigenvalue weighted by atomic mass is 19.1. The third-order valence-electron chi connectivity index (χ3n) is 9.36. The first-order chi connectivity index (χ1) is 24.2. The van der Waals surface area contributed by atoms with Gasteiger partial charge >= 0.3 is 0 Å². The molecule has 258 valence electrons. The van der Waals surface area contributed by atoms with Gasteiger partial charge in [-0.25, -0.2) is 14.2 Å². The van der Waals surface area contributed by atoms with Crippen molar-refractivity contribution in [3.05, 3.63) is 112 Å². The van der Waals surface area contributed by atoms with Crippen LogP contribution in [0.25, 0.3) is 26.7 Å². The van der Waals surface area contributed by atoms with E-state index in [2.05, 4.69) is 35.7 Å². The van der Waals surface area contributed by atoms with Gasteiger partial charge in [-0.05, 0) is 81.5 Å². The second-order valence-electron chi connectivity index (χ2n) is 13.4. The van der Waals surface area contributed by atoms with E-state index in [0.717, 1.165) is 49.3 Å². The Hall–Kier alpha value is -5.34. The fourth-order valence-corrected chi connectivity index (χ4v) is 6.44. The number of hydrogen-bond acceptors (Lipinski definition) is 7. The van der Waals surface area contributed by atoms with E-state index in [4.69, 9.17) is 11.3 Å². The standard InChI is InChI=1S/C27H27FN4O3.C12H15N3/c1-27(2,16-7-8-24(29-15-16)30-17-9-11-35-12-10-17)32-26(34)19-14-23-20(13-21(19)28)25(33)18-5-3-4-6-22(18)31-23;1-13-11-7-8-12(14-9-11)15-10-5-3-2-4-6-10/h3-8,13-15,17H,9-12H2,1-2H3,(H,29,30)(H,31,33)(H,32,34);7-10H,2-6H2,(H,14,15). The number of aromatic amines is 1. The van der Waals surface area contributed by atoms with Crippen LogP contribution in [0.5, 0.6) is 0 Å². The van der Waals surface area contributed by atoms with E-state index in [1.807, 2.05) is 44.2 Å². The first-order valence-electron chi connectivity index (χ1n) is 17.2. The largest absolute Gasteiger partial charge is 0.381 e. The van der Waals surface area contributed by atoms with Crippen LogP contribution in [0.2, 0.25) is 0 Å². The molecule has 2 fully saturated rings. The molecule has 10 nitrogen and oxygen atoms in total. The van der Waals surface area contributed by atoms with Crippen LogP contribution in [-0.4, -0.2) is 46.2 Å². The number of nitrogens with zero attached hydrogens (tertiary/aromatic N) is 3. The van der Waals surface area contributed by atoms with E-state index in [0.29, 0.717) is 34.2 Å². The first-order valence-corrected chi connectivity index (χ1v) is 17.2. The van der Waals surface area contributed by atoms with Gasteiger partial charge in [-0.2, -0.15) is 0 Å². The number of carbonyl (C=O) groups excluding carboxylic acids is 1. The average molecular weight is 676 g/mol. The second kappa shape index (κ2) is 15.5. The van der Waals surface area contributed by atoms with E-state index < -0.39 is 17.3 Å². The molecule has 0 atom stereocenters. The van der Waals surface area contributed by atoms with Crippen molar-refractivity contribution in [1.82, 2.24) is 20.3 Å². The van der Waals surface area contributed by atoms with E-state index in [1.54, 1.807) is 30.6 Å². The molecule has 3 aromatic heterocycles. The average Bonchev–Trinajstić information content (AvgIpc) is 3.13. The van der Waals surface area contributed by atoms with Gasteiger partial charge in [0.25, 0.3) is 5.91 Å². The quantitative estimate of drug-likeness (QED) is 0.102. The number of benzene rings is 2. The van der Waals surface area contributed by atoms with Gasteiger partial charge in [0.2, 0.25) is 5.69 Å². The Bertz CT molecular complexity index is 2040. The smallest absolute Gasteiger partial charge is 0.255 e. The van der Waals surface area contributed by atoms with Gasteiger partial charge in [0.15, 0.2) is 5.43 Å². The van der Waals surface area contributed by atoms with Gasteiger partial charge in [0.05, 0.1) is 23.2 Å². The summed E-state index contributed by atoms with van der Waals surface area (Å²) in [4.78, 5) is 41.0. The highest BCUT2D eigenvalue weighted by Gasteiger charge is 2.26. The van der Waals surface area contributed by atoms with Crippen molar-refractivity contribution in [3.63, 3.8) is 0 Å². The summed E-state index contributed by atoms with van der Waals surface area (Å²) in [5.41, 5.74) is 1.20. The fraction of sp³-hybridized carbons (Fsp3) is 0.359. The number of aromatic nitrogens is 3. The molecule has 50 heavy (non-hydrogen) atoms. The number of nitrogens with one attached hydrogen (secondary N) is 4. The molecule has 1 amide bonds. The molecule has 4 heterocycles. The Morgan fingerprint density at radius 1 is 0.880 bits per heavy atom. The Labute approximate surface area is 290 Å². The first kappa shape index (κ1) is 34.5. The van der Waals surface area contributed by atoms with Crippen molar-refractivity contribution >= 4 is 45.0 Å². The van der Waals surface area contributed by atoms with Crippen molar-refractivity contribution in [2.24, 2.45) is 0 Å². The third-order valence-corrected chi connectivity index (χ3v) is 9.36. The monoisotopic (exact) mass is 675 g/mol. The molecule has 1 saturated heterocycles. The maximum Gasteiger partial charge on any atom is 0.255 e. The molecular formula is C39H42FN7O3. The molecule has 11 heteroatoms. The highest BCUT2D eigenvalue weighted by Crippen LogP contribution is 2.25. The minimum atomic E-state index is -0.806. The van der Waals surface area contributed by atoms with Crippen LogP contribution in [0.1, 0.15) is 74.7 Å². The molecule has 1 saturated carbocycles. The van der Waals surface area contributed by atoms with Crippen LogP contribution in [0.15, 0.2) is 77.9 Å². The number of amides is 1. The summed E-state index contributed by atoms with van der Waals surface area (Å²) in [5.74, 6) is 0.336. The predicted molar refractivity (Wildman–Crippen MR) is 195 cm³/mol. The molecule has 7 rings (SSSR count). The normalized spacial score (nSPS) is 15.5. The zero-order valence-corrected chi connectivity index (χ0v) is 28.4. The van der Waals surface area contributed by atoms with Gasteiger partial charge in [0.1, 0.15) is 17.5 Å². The molecule has 0 bridgehead atoms. The maximum atomic E-state index is 15.0. The van der Waals surface area contributed by atoms with E-state index in [9.17, 15) is 14.0 Å². The Morgan fingerprint density at radius 3 is 2.22 bits per heavy atom. The van der Waals surface area contributed by atoms with E-state index in [-0.39, 0.29) is 16.4 Å². The lowest BCUT2D eigenvalue weighted by Gasteiger charge is -2.27. The van der Waals surface area contributed by atoms with E-state index >= 15 is 0 Å². The number of rotatable bonds is 7. The maximum absolute atomic E-state index is 15.0. The van der Waals surface area contributed by atoms with Crippen LogP contribution in [-0.2, 0) is 10.3 Å². The fourth-order valence-electron chi connectivity index (χ4n) is 6.44.